The molecule has 0 unspecified atom stereocenters. The summed E-state index contributed by atoms with van der Waals surface area (Å²) in [5.74, 6) is 2.98. The quantitative estimate of drug-likeness (QED) is 0.595. The highest BCUT2D eigenvalue weighted by molar-refractivity contribution is 5.80. The fraction of sp³-hybridized carbons (Fsp3) is 0.500. The molecular weight excluding hydrogens is 316 g/mol. The molecule has 7 heteroatoms. The molecule has 2 aromatic rings. The van der Waals surface area contributed by atoms with E-state index < -0.39 is 0 Å². The number of rotatable bonds is 7. The maximum absolute atomic E-state index is 5.72. The Morgan fingerprint density at radius 2 is 1.96 bits per heavy atom. The van der Waals surface area contributed by atoms with Crippen LogP contribution in [0, 0.1) is 5.92 Å². The van der Waals surface area contributed by atoms with Crippen molar-refractivity contribution in [3.05, 3.63) is 42.0 Å². The molecule has 0 aliphatic rings. The van der Waals surface area contributed by atoms with Crippen molar-refractivity contribution >= 4 is 5.96 Å². The number of aliphatic imine (C=N–C) groups is 1. The second-order valence-electron chi connectivity index (χ2n) is 6.42. The maximum Gasteiger partial charge on any atom is 0.191 e. The SMILES string of the molecule is CN=C(NCc1nncn1C)N[C@@H](C)c1ccc(OCC(C)C)cc1. The number of aromatic nitrogens is 3. The first-order valence-electron chi connectivity index (χ1n) is 8.52. The minimum atomic E-state index is 0.116. The van der Waals surface area contributed by atoms with E-state index in [9.17, 15) is 0 Å². The van der Waals surface area contributed by atoms with Gasteiger partial charge >= 0.3 is 0 Å². The average molecular weight is 344 g/mol. The fourth-order valence-electron chi connectivity index (χ4n) is 2.23. The molecule has 25 heavy (non-hydrogen) atoms. The number of benzene rings is 1. The summed E-state index contributed by atoms with van der Waals surface area (Å²) in [6.07, 6.45) is 1.68. The van der Waals surface area contributed by atoms with Gasteiger partial charge in [-0.15, -0.1) is 10.2 Å². The van der Waals surface area contributed by atoms with Crippen molar-refractivity contribution in [2.24, 2.45) is 18.0 Å². The van der Waals surface area contributed by atoms with Gasteiger partial charge in [-0.25, -0.2) is 0 Å². The molecule has 0 aliphatic carbocycles. The van der Waals surface area contributed by atoms with E-state index in [4.69, 9.17) is 4.74 Å². The van der Waals surface area contributed by atoms with Gasteiger partial charge in [-0.3, -0.25) is 4.99 Å². The summed E-state index contributed by atoms with van der Waals surface area (Å²) in [6.45, 7) is 7.66. The van der Waals surface area contributed by atoms with Crippen LogP contribution >= 0.6 is 0 Å². The molecule has 1 aromatic heterocycles. The molecular formula is C18H28N6O. The largest absolute Gasteiger partial charge is 0.493 e. The molecule has 0 amide bonds. The molecule has 0 aliphatic heterocycles. The summed E-state index contributed by atoms with van der Waals surface area (Å²) in [5, 5.41) is 14.5. The van der Waals surface area contributed by atoms with E-state index in [0.29, 0.717) is 12.5 Å². The summed E-state index contributed by atoms with van der Waals surface area (Å²) in [4.78, 5) is 4.26. The number of aryl methyl sites for hydroxylation is 1. The lowest BCUT2D eigenvalue weighted by atomic mass is 10.1. The Hall–Kier alpha value is -2.57. The summed E-state index contributed by atoms with van der Waals surface area (Å²) >= 11 is 0. The van der Waals surface area contributed by atoms with Crippen LogP contribution in [0.3, 0.4) is 0 Å². The predicted octanol–water partition coefficient (Wildman–Crippen LogP) is 2.28. The lowest BCUT2D eigenvalue weighted by molar-refractivity contribution is 0.271. The van der Waals surface area contributed by atoms with Gasteiger partial charge in [-0.05, 0) is 30.5 Å². The molecule has 0 saturated heterocycles. The van der Waals surface area contributed by atoms with E-state index in [1.807, 2.05) is 23.7 Å². The molecule has 1 atom stereocenters. The zero-order valence-electron chi connectivity index (χ0n) is 15.7. The first kappa shape index (κ1) is 18.8. The molecule has 1 heterocycles. The molecule has 0 radical (unpaired) electrons. The van der Waals surface area contributed by atoms with Crippen LogP contribution in [0.5, 0.6) is 5.75 Å². The number of nitrogens with zero attached hydrogens (tertiary/aromatic N) is 4. The topological polar surface area (TPSA) is 76.4 Å². The van der Waals surface area contributed by atoms with Crippen molar-refractivity contribution in [3.63, 3.8) is 0 Å². The number of guanidine groups is 1. The van der Waals surface area contributed by atoms with E-state index in [2.05, 4.69) is 58.7 Å². The third-order valence-corrected chi connectivity index (χ3v) is 3.76. The van der Waals surface area contributed by atoms with Gasteiger partial charge in [0.2, 0.25) is 0 Å². The number of hydrogen-bond donors (Lipinski definition) is 2. The molecule has 2 N–H and O–H groups in total. The number of hydrogen-bond acceptors (Lipinski definition) is 4. The van der Waals surface area contributed by atoms with Crippen LogP contribution in [-0.4, -0.2) is 34.4 Å². The Balaban J connectivity index is 1.88. The molecule has 136 valence electrons. The van der Waals surface area contributed by atoms with Crippen molar-refractivity contribution in [1.29, 1.82) is 0 Å². The monoisotopic (exact) mass is 344 g/mol. The Morgan fingerprint density at radius 3 is 2.52 bits per heavy atom. The molecule has 2 rings (SSSR count). The number of nitrogens with one attached hydrogen (secondary N) is 2. The fourth-order valence-corrected chi connectivity index (χ4v) is 2.23. The molecule has 0 saturated carbocycles. The third kappa shape index (κ3) is 5.77. The summed E-state index contributed by atoms with van der Waals surface area (Å²) in [6, 6.07) is 8.27. The van der Waals surface area contributed by atoms with Gasteiger partial charge in [0.05, 0.1) is 19.2 Å². The van der Waals surface area contributed by atoms with Crippen molar-refractivity contribution in [3.8, 4) is 5.75 Å². The van der Waals surface area contributed by atoms with Gasteiger partial charge in [0, 0.05) is 14.1 Å². The van der Waals surface area contributed by atoms with Crippen LogP contribution in [0.15, 0.2) is 35.6 Å². The van der Waals surface area contributed by atoms with E-state index in [0.717, 1.165) is 24.1 Å². The van der Waals surface area contributed by atoms with Crippen molar-refractivity contribution in [2.45, 2.75) is 33.4 Å². The highest BCUT2D eigenvalue weighted by atomic mass is 16.5. The van der Waals surface area contributed by atoms with Gasteiger partial charge in [-0.1, -0.05) is 26.0 Å². The minimum absolute atomic E-state index is 0.116. The van der Waals surface area contributed by atoms with E-state index >= 15 is 0 Å². The van der Waals surface area contributed by atoms with E-state index in [1.165, 1.54) is 5.56 Å². The minimum Gasteiger partial charge on any atom is -0.493 e. The van der Waals surface area contributed by atoms with Crippen LogP contribution < -0.4 is 15.4 Å². The molecule has 1 aromatic carbocycles. The summed E-state index contributed by atoms with van der Waals surface area (Å²) < 4.78 is 7.60. The summed E-state index contributed by atoms with van der Waals surface area (Å²) in [5.41, 5.74) is 1.17. The van der Waals surface area contributed by atoms with Crippen LogP contribution in [0.4, 0.5) is 0 Å². The standard InChI is InChI=1S/C18H28N6O/c1-13(2)11-25-16-8-6-15(7-9-16)14(3)22-18(19-4)20-10-17-23-21-12-24(17)5/h6-9,12-14H,10-11H2,1-5H3,(H2,19,20,22)/t14-/m0/s1. The lowest BCUT2D eigenvalue weighted by Crippen LogP contribution is -2.38. The first-order valence-corrected chi connectivity index (χ1v) is 8.52. The zero-order valence-corrected chi connectivity index (χ0v) is 15.7. The number of ether oxygens (including phenoxy) is 1. The van der Waals surface area contributed by atoms with Crippen molar-refractivity contribution in [1.82, 2.24) is 25.4 Å². The van der Waals surface area contributed by atoms with Crippen LogP contribution in [0.2, 0.25) is 0 Å². The summed E-state index contributed by atoms with van der Waals surface area (Å²) in [7, 11) is 3.67. The molecule has 0 spiro atoms. The maximum atomic E-state index is 5.72. The second kappa shape index (κ2) is 9.05. The zero-order chi connectivity index (χ0) is 18.2. The lowest BCUT2D eigenvalue weighted by Gasteiger charge is -2.18. The highest BCUT2D eigenvalue weighted by Crippen LogP contribution is 2.18. The Bertz CT molecular complexity index is 677. The van der Waals surface area contributed by atoms with Crippen molar-refractivity contribution < 1.29 is 4.74 Å². The van der Waals surface area contributed by atoms with Gasteiger partial charge < -0.3 is 19.9 Å². The van der Waals surface area contributed by atoms with Crippen molar-refractivity contribution in [2.75, 3.05) is 13.7 Å². The van der Waals surface area contributed by atoms with Crippen LogP contribution in [0.1, 0.15) is 38.2 Å². The van der Waals surface area contributed by atoms with Gasteiger partial charge in [0.1, 0.15) is 12.1 Å². The highest BCUT2D eigenvalue weighted by Gasteiger charge is 2.09. The van der Waals surface area contributed by atoms with Crippen LogP contribution in [-0.2, 0) is 13.6 Å². The van der Waals surface area contributed by atoms with Crippen LogP contribution in [0.25, 0.3) is 0 Å². The third-order valence-electron chi connectivity index (χ3n) is 3.76. The second-order valence-corrected chi connectivity index (χ2v) is 6.42. The Labute approximate surface area is 149 Å². The molecule has 7 nitrogen and oxygen atoms in total. The van der Waals surface area contributed by atoms with Gasteiger partial charge in [0.25, 0.3) is 0 Å². The van der Waals surface area contributed by atoms with E-state index in [-0.39, 0.29) is 6.04 Å². The first-order chi connectivity index (χ1) is 12.0. The van der Waals surface area contributed by atoms with Gasteiger partial charge in [-0.2, -0.15) is 0 Å². The Morgan fingerprint density at radius 1 is 1.24 bits per heavy atom. The molecule has 0 bridgehead atoms. The smallest absolute Gasteiger partial charge is 0.191 e. The van der Waals surface area contributed by atoms with E-state index in [1.54, 1.807) is 13.4 Å². The normalized spacial score (nSPS) is 13.0. The Kier molecular flexibility index (Phi) is 6.80. The average Bonchev–Trinajstić information content (AvgIpc) is 3.02. The molecule has 0 fully saturated rings. The predicted molar refractivity (Wildman–Crippen MR) is 99.5 cm³/mol. The van der Waals surface area contributed by atoms with Gasteiger partial charge in [0.15, 0.2) is 11.8 Å².